The van der Waals surface area contributed by atoms with Crippen molar-refractivity contribution in [3.63, 3.8) is 0 Å². The first-order chi connectivity index (χ1) is 5.84. The summed E-state index contributed by atoms with van der Waals surface area (Å²) in [7, 11) is 0. The molecule has 1 aromatic heterocycles. The van der Waals surface area contributed by atoms with Gasteiger partial charge in [-0.25, -0.2) is 0 Å². The second kappa shape index (κ2) is 5.40. The first-order valence-electron chi connectivity index (χ1n) is 4.06. The molecule has 0 bridgehead atoms. The molecule has 1 aromatic rings. The van der Waals surface area contributed by atoms with Crippen LogP contribution in [0.4, 0.5) is 0 Å². The van der Waals surface area contributed by atoms with Crippen LogP contribution < -0.4 is 0 Å². The second-order valence-electron chi connectivity index (χ2n) is 2.50. The summed E-state index contributed by atoms with van der Waals surface area (Å²) in [6.45, 7) is 2.18. The third-order valence-corrected chi connectivity index (χ3v) is 3.23. The number of halogens is 1. The van der Waals surface area contributed by atoms with E-state index in [1.54, 1.807) is 11.3 Å². The first-order valence-corrected chi connectivity index (χ1v) is 5.73. The minimum atomic E-state index is 1.01. The van der Waals surface area contributed by atoms with Crippen LogP contribution in [0.25, 0.3) is 0 Å². The Morgan fingerprint density at radius 3 is 3.00 bits per heavy atom. The monoisotopic (exact) mass is 242 g/mol. The van der Waals surface area contributed by atoms with Gasteiger partial charge in [0.2, 0.25) is 0 Å². The molecule has 0 aromatic carbocycles. The smallest absolute Gasteiger partial charge is 0.0910 e. The topological polar surface area (TPSA) is 0 Å². The molecular formula is C10H11BrS. The lowest BCUT2D eigenvalue weighted by Crippen LogP contribution is -1.68. The summed E-state index contributed by atoms with van der Waals surface area (Å²) in [5, 5.41) is 2.05. The predicted octanol–water partition coefficient (Wildman–Crippen LogP) is 4.05. The maximum Gasteiger partial charge on any atom is 0.0910 e. The lowest BCUT2D eigenvalue weighted by atomic mass is 10.2. The van der Waals surface area contributed by atoms with Crippen LogP contribution in [0.2, 0.25) is 0 Å². The second-order valence-corrected chi connectivity index (χ2v) is 4.27. The van der Waals surface area contributed by atoms with Crippen molar-refractivity contribution in [1.82, 2.24) is 0 Å². The van der Waals surface area contributed by atoms with Crippen LogP contribution in [0.15, 0.2) is 15.9 Å². The van der Waals surface area contributed by atoms with Crippen molar-refractivity contribution in [2.45, 2.75) is 26.2 Å². The normalized spacial score (nSPS) is 9.17. The molecule has 2 heteroatoms. The van der Waals surface area contributed by atoms with Crippen molar-refractivity contribution in [1.29, 1.82) is 0 Å². The molecular weight excluding hydrogens is 232 g/mol. The van der Waals surface area contributed by atoms with Gasteiger partial charge < -0.3 is 0 Å². The van der Waals surface area contributed by atoms with Gasteiger partial charge in [-0.2, -0.15) is 0 Å². The highest BCUT2D eigenvalue weighted by atomic mass is 79.9. The molecule has 0 aliphatic heterocycles. The predicted molar refractivity (Wildman–Crippen MR) is 58.4 cm³/mol. The van der Waals surface area contributed by atoms with E-state index >= 15 is 0 Å². The maximum absolute atomic E-state index is 3.44. The van der Waals surface area contributed by atoms with Crippen molar-refractivity contribution < 1.29 is 0 Å². The number of thiophene rings is 1. The van der Waals surface area contributed by atoms with Gasteiger partial charge in [0.25, 0.3) is 0 Å². The van der Waals surface area contributed by atoms with Crippen LogP contribution in [0.1, 0.15) is 31.1 Å². The number of hydrogen-bond acceptors (Lipinski definition) is 1. The van der Waals surface area contributed by atoms with Gasteiger partial charge >= 0.3 is 0 Å². The van der Waals surface area contributed by atoms with Crippen molar-refractivity contribution in [2.24, 2.45) is 0 Å². The molecule has 1 rings (SSSR count). The summed E-state index contributed by atoms with van der Waals surface area (Å²) in [6, 6.07) is 2.04. The van der Waals surface area contributed by atoms with E-state index in [1.165, 1.54) is 12.8 Å². The van der Waals surface area contributed by atoms with E-state index in [2.05, 4.69) is 34.7 Å². The summed E-state index contributed by atoms with van der Waals surface area (Å²) >= 11 is 5.13. The zero-order valence-corrected chi connectivity index (χ0v) is 9.46. The van der Waals surface area contributed by atoms with E-state index in [1.807, 2.05) is 11.4 Å². The van der Waals surface area contributed by atoms with Crippen molar-refractivity contribution >= 4 is 27.3 Å². The molecule has 0 nitrogen and oxygen atoms in total. The fourth-order valence-electron chi connectivity index (χ4n) is 0.791. The van der Waals surface area contributed by atoms with Crippen molar-refractivity contribution in [3.8, 4) is 11.8 Å². The summed E-state index contributed by atoms with van der Waals surface area (Å²) in [6.07, 6.45) is 3.44. The van der Waals surface area contributed by atoms with Gasteiger partial charge in [0.05, 0.1) is 4.88 Å². The third kappa shape index (κ3) is 3.00. The molecule has 0 aliphatic carbocycles. The Bertz CT molecular complexity index is 290. The minimum Gasteiger partial charge on any atom is -0.134 e. The molecule has 0 fully saturated rings. The molecule has 12 heavy (non-hydrogen) atoms. The summed E-state index contributed by atoms with van der Waals surface area (Å²) in [4.78, 5) is 1.14. The van der Waals surface area contributed by atoms with Gasteiger partial charge in [-0.3, -0.25) is 0 Å². The SMILES string of the molecule is CCCCC#Cc1sccc1Br. The van der Waals surface area contributed by atoms with Gasteiger partial charge in [-0.05, 0) is 33.8 Å². The van der Waals surface area contributed by atoms with E-state index in [0.29, 0.717) is 0 Å². The Balaban J connectivity index is 2.49. The summed E-state index contributed by atoms with van der Waals surface area (Å²) in [5.74, 6) is 6.31. The quantitative estimate of drug-likeness (QED) is 0.543. The Hall–Kier alpha value is -0.260. The molecule has 0 unspecified atom stereocenters. The van der Waals surface area contributed by atoms with Gasteiger partial charge in [0, 0.05) is 10.9 Å². The summed E-state index contributed by atoms with van der Waals surface area (Å²) < 4.78 is 1.12. The molecule has 0 saturated heterocycles. The fourth-order valence-corrected chi connectivity index (χ4v) is 2.13. The van der Waals surface area contributed by atoms with Crippen LogP contribution in [0.5, 0.6) is 0 Å². The van der Waals surface area contributed by atoms with E-state index in [9.17, 15) is 0 Å². The lowest BCUT2D eigenvalue weighted by molar-refractivity contribution is 0.828. The number of rotatable bonds is 2. The Morgan fingerprint density at radius 2 is 2.42 bits per heavy atom. The van der Waals surface area contributed by atoms with E-state index in [0.717, 1.165) is 15.8 Å². The van der Waals surface area contributed by atoms with Crippen LogP contribution >= 0.6 is 27.3 Å². The van der Waals surface area contributed by atoms with Gasteiger partial charge in [0.15, 0.2) is 0 Å². The van der Waals surface area contributed by atoms with Crippen LogP contribution in [0.3, 0.4) is 0 Å². The average molecular weight is 243 g/mol. The number of hydrogen-bond donors (Lipinski definition) is 0. The molecule has 1 heterocycles. The maximum atomic E-state index is 3.44. The van der Waals surface area contributed by atoms with Gasteiger partial charge in [0.1, 0.15) is 0 Å². The first kappa shape index (κ1) is 9.83. The van der Waals surface area contributed by atoms with Crippen LogP contribution in [0, 0.1) is 11.8 Å². The molecule has 0 atom stereocenters. The fraction of sp³-hybridized carbons (Fsp3) is 0.400. The van der Waals surface area contributed by atoms with E-state index in [4.69, 9.17) is 0 Å². The van der Waals surface area contributed by atoms with Crippen LogP contribution in [-0.2, 0) is 0 Å². The largest absolute Gasteiger partial charge is 0.134 e. The highest BCUT2D eigenvalue weighted by Gasteiger charge is 1.94. The summed E-state index contributed by atoms with van der Waals surface area (Å²) in [5.41, 5.74) is 0. The molecule has 0 aliphatic rings. The van der Waals surface area contributed by atoms with Crippen LogP contribution in [-0.4, -0.2) is 0 Å². The molecule has 0 N–H and O–H groups in total. The molecule has 0 spiro atoms. The number of unbranched alkanes of at least 4 members (excludes halogenated alkanes) is 2. The average Bonchev–Trinajstić information content (AvgIpc) is 2.46. The standard InChI is InChI=1S/C10H11BrS/c1-2-3-4-5-6-10-9(11)7-8-12-10/h7-8H,2-4H2,1H3. The molecule has 0 saturated carbocycles. The van der Waals surface area contributed by atoms with E-state index in [-0.39, 0.29) is 0 Å². The Labute approximate surface area is 86.1 Å². The minimum absolute atomic E-state index is 1.01. The van der Waals surface area contributed by atoms with Gasteiger partial charge in [-0.15, -0.1) is 11.3 Å². The van der Waals surface area contributed by atoms with E-state index < -0.39 is 0 Å². The Morgan fingerprint density at radius 1 is 1.58 bits per heavy atom. The zero-order chi connectivity index (χ0) is 8.81. The van der Waals surface area contributed by atoms with Crippen molar-refractivity contribution in [3.05, 3.63) is 20.8 Å². The lowest BCUT2D eigenvalue weighted by Gasteiger charge is -1.84. The molecule has 0 amide bonds. The third-order valence-electron chi connectivity index (χ3n) is 1.47. The highest BCUT2D eigenvalue weighted by Crippen LogP contribution is 2.21. The molecule has 64 valence electrons. The zero-order valence-electron chi connectivity index (χ0n) is 7.06. The van der Waals surface area contributed by atoms with Gasteiger partial charge in [-0.1, -0.05) is 25.2 Å². The Kier molecular flexibility index (Phi) is 4.42. The molecule has 0 radical (unpaired) electrons. The van der Waals surface area contributed by atoms with Crippen molar-refractivity contribution in [2.75, 3.05) is 0 Å². The highest BCUT2D eigenvalue weighted by molar-refractivity contribution is 9.10.